The Bertz CT molecular complexity index is 457. The topological polar surface area (TPSA) is 49.3 Å². The fraction of sp³-hybridized carbons (Fsp3) is 0.500. The van der Waals surface area contributed by atoms with Crippen molar-refractivity contribution in [1.29, 1.82) is 0 Å². The third kappa shape index (κ3) is 4.84. The van der Waals surface area contributed by atoms with Gasteiger partial charge in [-0.3, -0.25) is 4.79 Å². The quantitative estimate of drug-likeness (QED) is 0.602. The zero-order valence-electron chi connectivity index (χ0n) is 11.3. The van der Waals surface area contributed by atoms with Gasteiger partial charge in [0.25, 0.3) is 5.91 Å². The van der Waals surface area contributed by atoms with Crippen molar-refractivity contribution in [2.75, 3.05) is 5.88 Å². The molecule has 0 heterocycles. The lowest BCUT2D eigenvalue weighted by Crippen LogP contribution is -2.44. The second-order valence-corrected chi connectivity index (χ2v) is 7.15. The molecule has 0 saturated heterocycles. The molecular formula is C14H19ClINO2. The molecule has 0 fully saturated rings. The summed E-state index contributed by atoms with van der Waals surface area (Å²) in [5.41, 5.74) is 0.220. The van der Waals surface area contributed by atoms with Crippen LogP contribution < -0.4 is 5.32 Å². The third-order valence-electron chi connectivity index (χ3n) is 2.95. The molecule has 1 atom stereocenters. The Morgan fingerprint density at radius 3 is 2.63 bits per heavy atom. The lowest BCUT2D eigenvalue weighted by atomic mass is 9.85. The Morgan fingerprint density at radius 1 is 1.47 bits per heavy atom. The molecule has 0 aliphatic carbocycles. The highest BCUT2D eigenvalue weighted by molar-refractivity contribution is 14.1. The van der Waals surface area contributed by atoms with E-state index in [1.165, 1.54) is 6.07 Å². The summed E-state index contributed by atoms with van der Waals surface area (Å²) in [6.07, 6.45) is 0.696. The third-order valence-corrected chi connectivity index (χ3v) is 3.84. The number of nitrogens with one attached hydrogen (secondary N) is 1. The number of carbonyl (C=O) groups is 1. The van der Waals surface area contributed by atoms with Crippen LogP contribution in [0, 0.1) is 8.99 Å². The number of hydrogen-bond acceptors (Lipinski definition) is 2. The highest BCUT2D eigenvalue weighted by Gasteiger charge is 2.26. The van der Waals surface area contributed by atoms with Crippen LogP contribution in [0.1, 0.15) is 37.6 Å². The van der Waals surface area contributed by atoms with Gasteiger partial charge in [-0.1, -0.05) is 20.8 Å². The molecule has 3 nitrogen and oxygen atoms in total. The van der Waals surface area contributed by atoms with Crippen LogP contribution in [0.5, 0.6) is 5.75 Å². The molecule has 0 aliphatic heterocycles. The van der Waals surface area contributed by atoms with Crippen molar-refractivity contribution in [2.24, 2.45) is 5.41 Å². The summed E-state index contributed by atoms with van der Waals surface area (Å²) in [7, 11) is 0. The summed E-state index contributed by atoms with van der Waals surface area (Å²) in [5.74, 6) is 0.220. The summed E-state index contributed by atoms with van der Waals surface area (Å²) >= 11 is 7.90. The van der Waals surface area contributed by atoms with E-state index < -0.39 is 0 Å². The smallest absolute Gasteiger partial charge is 0.255 e. The van der Waals surface area contributed by atoms with Gasteiger partial charge in [-0.2, -0.15) is 0 Å². The van der Waals surface area contributed by atoms with E-state index in [0.717, 1.165) is 3.57 Å². The van der Waals surface area contributed by atoms with E-state index in [9.17, 15) is 9.90 Å². The SMILES string of the molecule is CC(C)(C)C(CCCl)NC(=O)c1cc(I)ccc1O. The predicted molar refractivity (Wildman–Crippen MR) is 86.9 cm³/mol. The number of benzene rings is 1. The molecule has 2 N–H and O–H groups in total. The maximum Gasteiger partial charge on any atom is 0.255 e. The van der Waals surface area contributed by atoms with Crippen molar-refractivity contribution < 1.29 is 9.90 Å². The summed E-state index contributed by atoms with van der Waals surface area (Å²) in [4.78, 5) is 12.2. The molecule has 0 spiro atoms. The maximum absolute atomic E-state index is 12.2. The molecule has 1 aromatic rings. The van der Waals surface area contributed by atoms with E-state index in [2.05, 4.69) is 48.7 Å². The minimum atomic E-state index is -0.263. The highest BCUT2D eigenvalue weighted by Crippen LogP contribution is 2.24. The van der Waals surface area contributed by atoms with Gasteiger partial charge in [0.05, 0.1) is 5.56 Å². The van der Waals surface area contributed by atoms with Gasteiger partial charge in [-0.15, -0.1) is 11.6 Å². The monoisotopic (exact) mass is 395 g/mol. The van der Waals surface area contributed by atoms with Gasteiger partial charge >= 0.3 is 0 Å². The van der Waals surface area contributed by atoms with Crippen LogP contribution in [0.25, 0.3) is 0 Å². The van der Waals surface area contributed by atoms with Crippen LogP contribution in [0.15, 0.2) is 18.2 Å². The molecule has 1 unspecified atom stereocenters. The van der Waals surface area contributed by atoms with Crippen molar-refractivity contribution in [2.45, 2.75) is 33.2 Å². The predicted octanol–water partition coefficient (Wildman–Crippen LogP) is 3.77. The molecule has 1 aromatic carbocycles. The molecule has 19 heavy (non-hydrogen) atoms. The first kappa shape index (κ1) is 16.6. The van der Waals surface area contributed by atoms with Gasteiger partial charge in [-0.25, -0.2) is 0 Å². The first-order chi connectivity index (χ1) is 8.75. The second kappa shape index (κ2) is 6.79. The van der Waals surface area contributed by atoms with E-state index in [1.54, 1.807) is 12.1 Å². The van der Waals surface area contributed by atoms with E-state index in [-0.39, 0.29) is 23.1 Å². The number of amides is 1. The first-order valence-corrected chi connectivity index (χ1v) is 7.72. The standard InChI is InChI=1S/C14H19ClINO2/c1-14(2,3)12(6-7-15)17-13(19)10-8-9(16)4-5-11(10)18/h4-5,8,12,18H,6-7H2,1-3H3,(H,17,19). The number of carbonyl (C=O) groups excluding carboxylic acids is 1. The fourth-order valence-corrected chi connectivity index (χ4v) is 2.47. The van der Waals surface area contributed by atoms with Crippen molar-refractivity contribution in [3.05, 3.63) is 27.3 Å². The minimum absolute atomic E-state index is 0.00329. The lowest BCUT2D eigenvalue weighted by molar-refractivity contribution is 0.0897. The van der Waals surface area contributed by atoms with E-state index >= 15 is 0 Å². The average Bonchev–Trinajstić information content (AvgIpc) is 2.30. The van der Waals surface area contributed by atoms with Crippen LogP contribution in [-0.4, -0.2) is 22.9 Å². The van der Waals surface area contributed by atoms with Crippen LogP contribution in [0.4, 0.5) is 0 Å². The zero-order valence-corrected chi connectivity index (χ0v) is 14.2. The number of halogens is 2. The summed E-state index contributed by atoms with van der Waals surface area (Å²) in [6, 6.07) is 4.93. The van der Waals surface area contributed by atoms with Gasteiger partial charge in [-0.05, 0) is 52.6 Å². The molecule has 1 amide bonds. The molecule has 0 aliphatic rings. The number of aromatic hydroxyl groups is 1. The Balaban J connectivity index is 2.91. The molecule has 0 aromatic heterocycles. The second-order valence-electron chi connectivity index (χ2n) is 5.53. The highest BCUT2D eigenvalue weighted by atomic mass is 127. The van der Waals surface area contributed by atoms with Gasteiger partial charge in [0.15, 0.2) is 0 Å². The molecule has 106 valence electrons. The number of alkyl halides is 1. The molecule has 0 bridgehead atoms. The Hall–Kier alpha value is -0.490. The van der Waals surface area contributed by atoms with Crippen molar-refractivity contribution in [1.82, 2.24) is 5.32 Å². The minimum Gasteiger partial charge on any atom is -0.507 e. The molecule has 0 radical (unpaired) electrons. The molecular weight excluding hydrogens is 377 g/mol. The lowest BCUT2D eigenvalue weighted by Gasteiger charge is -2.31. The van der Waals surface area contributed by atoms with Gasteiger partial charge in [0.2, 0.25) is 0 Å². The molecule has 0 saturated carbocycles. The normalized spacial score (nSPS) is 13.1. The summed E-state index contributed by atoms with van der Waals surface area (Å²) < 4.78 is 0.908. The average molecular weight is 396 g/mol. The summed E-state index contributed by atoms with van der Waals surface area (Å²) in [6.45, 7) is 6.16. The van der Waals surface area contributed by atoms with Crippen molar-refractivity contribution in [3.63, 3.8) is 0 Å². The van der Waals surface area contributed by atoms with Gasteiger partial charge in [0, 0.05) is 15.5 Å². The van der Waals surface area contributed by atoms with Crippen molar-refractivity contribution in [3.8, 4) is 5.75 Å². The number of rotatable bonds is 4. The van der Waals surface area contributed by atoms with Crippen LogP contribution >= 0.6 is 34.2 Å². The Labute approximate surface area is 132 Å². The first-order valence-electron chi connectivity index (χ1n) is 6.11. The fourth-order valence-electron chi connectivity index (χ4n) is 1.76. The van der Waals surface area contributed by atoms with Crippen LogP contribution in [0.3, 0.4) is 0 Å². The maximum atomic E-state index is 12.2. The van der Waals surface area contributed by atoms with E-state index in [4.69, 9.17) is 11.6 Å². The summed E-state index contributed by atoms with van der Waals surface area (Å²) in [5, 5.41) is 12.7. The van der Waals surface area contributed by atoms with Crippen LogP contribution in [0.2, 0.25) is 0 Å². The molecule has 1 rings (SSSR count). The van der Waals surface area contributed by atoms with E-state index in [1.807, 2.05) is 0 Å². The van der Waals surface area contributed by atoms with Crippen molar-refractivity contribution >= 4 is 40.1 Å². The largest absolute Gasteiger partial charge is 0.507 e. The number of phenolic OH excluding ortho intramolecular Hbond substituents is 1. The Kier molecular flexibility index (Phi) is 5.92. The van der Waals surface area contributed by atoms with Gasteiger partial charge < -0.3 is 10.4 Å². The van der Waals surface area contributed by atoms with Crippen LogP contribution in [-0.2, 0) is 0 Å². The number of hydrogen-bond donors (Lipinski definition) is 2. The Morgan fingerprint density at radius 2 is 2.11 bits per heavy atom. The molecule has 5 heteroatoms. The van der Waals surface area contributed by atoms with Gasteiger partial charge in [0.1, 0.15) is 5.75 Å². The van der Waals surface area contributed by atoms with E-state index in [0.29, 0.717) is 17.9 Å². The number of phenols is 1. The zero-order chi connectivity index (χ0) is 14.6.